The second-order valence-electron chi connectivity index (χ2n) is 6.27. The monoisotopic (exact) mass is 391 g/mol. The van der Waals surface area contributed by atoms with Crippen LogP contribution in [0.3, 0.4) is 0 Å². The molecule has 7 nitrogen and oxygen atoms in total. The predicted molar refractivity (Wildman–Crippen MR) is 102 cm³/mol. The van der Waals surface area contributed by atoms with Gasteiger partial charge in [-0.3, -0.25) is 4.79 Å². The van der Waals surface area contributed by atoms with E-state index in [0.717, 1.165) is 49.8 Å². The van der Waals surface area contributed by atoms with Crippen molar-refractivity contribution in [2.24, 2.45) is 0 Å². The number of halogens is 2. The minimum absolute atomic E-state index is 0. The molecular weight excluding hydrogens is 365 g/mol. The van der Waals surface area contributed by atoms with Crippen LogP contribution in [0.25, 0.3) is 0 Å². The maximum atomic E-state index is 12.2. The number of carbonyl (C=O) groups is 1. The lowest BCUT2D eigenvalue weighted by atomic mass is 10.0. The number of amides is 1. The Morgan fingerprint density at radius 3 is 2.60 bits per heavy atom. The molecule has 0 aromatic carbocycles. The van der Waals surface area contributed by atoms with E-state index < -0.39 is 0 Å². The summed E-state index contributed by atoms with van der Waals surface area (Å²) in [6.45, 7) is 7.59. The van der Waals surface area contributed by atoms with Crippen molar-refractivity contribution < 1.29 is 9.53 Å². The fourth-order valence-electron chi connectivity index (χ4n) is 3.15. The molecule has 0 saturated carbocycles. The molecule has 0 aliphatic carbocycles. The number of aromatic nitrogens is 2. The molecule has 1 amide bonds. The second-order valence-corrected chi connectivity index (χ2v) is 6.27. The molecule has 3 heterocycles. The molecule has 25 heavy (non-hydrogen) atoms. The number of hydrogen-bond donors (Lipinski definition) is 2. The summed E-state index contributed by atoms with van der Waals surface area (Å²) >= 11 is 0. The quantitative estimate of drug-likeness (QED) is 0.800. The highest BCUT2D eigenvalue weighted by Crippen LogP contribution is 2.19. The van der Waals surface area contributed by atoms with E-state index in [1.54, 1.807) is 0 Å². The molecule has 3 rings (SSSR count). The number of carbonyl (C=O) groups excluding carboxylic acids is 1. The zero-order valence-corrected chi connectivity index (χ0v) is 16.3. The first-order valence-corrected chi connectivity index (χ1v) is 8.30. The number of nitrogens with zero attached hydrogens (tertiary/aromatic N) is 3. The van der Waals surface area contributed by atoms with Gasteiger partial charge in [-0.25, -0.2) is 9.97 Å². The fraction of sp³-hybridized carbons (Fsp3) is 0.688. The summed E-state index contributed by atoms with van der Waals surface area (Å²) in [7, 11) is 0. The molecule has 2 fully saturated rings. The number of aryl methyl sites for hydroxylation is 2. The highest BCUT2D eigenvalue weighted by Gasteiger charge is 2.26. The van der Waals surface area contributed by atoms with Crippen molar-refractivity contribution >= 4 is 36.5 Å². The predicted octanol–water partition coefficient (Wildman–Crippen LogP) is 1.01. The molecule has 9 heteroatoms. The van der Waals surface area contributed by atoms with Gasteiger partial charge >= 0.3 is 0 Å². The van der Waals surface area contributed by atoms with Crippen molar-refractivity contribution in [3.8, 4) is 0 Å². The number of anilines is 1. The summed E-state index contributed by atoms with van der Waals surface area (Å²) in [5, 5.41) is 6.33. The zero-order valence-electron chi connectivity index (χ0n) is 14.7. The number of morpholine rings is 1. The zero-order chi connectivity index (χ0) is 16.2. The smallest absolute Gasteiger partial charge is 0.239 e. The summed E-state index contributed by atoms with van der Waals surface area (Å²) in [6.07, 6.45) is 1.86. The largest absolute Gasteiger partial charge is 0.378 e. The lowest BCUT2D eigenvalue weighted by molar-refractivity contribution is -0.126. The Balaban J connectivity index is 0.00000156. The molecule has 142 valence electrons. The fourth-order valence-corrected chi connectivity index (χ4v) is 3.15. The van der Waals surface area contributed by atoms with Crippen LogP contribution in [0.1, 0.15) is 24.4 Å². The second kappa shape index (κ2) is 10.1. The summed E-state index contributed by atoms with van der Waals surface area (Å²) < 4.78 is 5.34. The van der Waals surface area contributed by atoms with Crippen LogP contribution in [-0.2, 0) is 9.53 Å². The average Bonchev–Trinajstić information content (AvgIpc) is 2.55. The van der Waals surface area contributed by atoms with Crippen LogP contribution in [0.2, 0.25) is 0 Å². The van der Waals surface area contributed by atoms with E-state index in [-0.39, 0.29) is 42.8 Å². The van der Waals surface area contributed by atoms with Crippen LogP contribution in [0.15, 0.2) is 6.07 Å². The Labute approximate surface area is 161 Å². The van der Waals surface area contributed by atoms with Gasteiger partial charge in [-0.2, -0.15) is 0 Å². The van der Waals surface area contributed by atoms with Gasteiger partial charge in [0.1, 0.15) is 17.7 Å². The third-order valence-corrected chi connectivity index (χ3v) is 4.36. The van der Waals surface area contributed by atoms with Gasteiger partial charge in [0.2, 0.25) is 5.91 Å². The molecule has 2 aliphatic rings. The Kier molecular flexibility index (Phi) is 8.85. The molecule has 1 aromatic rings. The third kappa shape index (κ3) is 5.95. The van der Waals surface area contributed by atoms with Crippen molar-refractivity contribution in [2.45, 2.75) is 38.8 Å². The van der Waals surface area contributed by atoms with Crippen LogP contribution < -0.4 is 15.5 Å². The first kappa shape index (κ1) is 21.9. The number of nitrogens with one attached hydrogen (secondary N) is 2. The van der Waals surface area contributed by atoms with Gasteiger partial charge in [-0.05, 0) is 26.7 Å². The van der Waals surface area contributed by atoms with Crippen LogP contribution in [0.5, 0.6) is 0 Å². The molecule has 0 bridgehead atoms. The standard InChI is InChI=1S/C16H25N5O2.2ClH/c1-11-9-15(19-12(2)18-11)21-6-3-13(4-7-21)20-16(22)14-10-23-8-5-17-14;;/h9,13-14,17H,3-8,10H2,1-2H3,(H,20,22);2*1H. The van der Waals surface area contributed by atoms with Gasteiger partial charge in [0.25, 0.3) is 0 Å². The van der Waals surface area contributed by atoms with Gasteiger partial charge in [0, 0.05) is 37.4 Å². The summed E-state index contributed by atoms with van der Waals surface area (Å²) in [5.41, 5.74) is 0.992. The maximum Gasteiger partial charge on any atom is 0.239 e. The Bertz CT molecular complexity index is 541. The maximum absolute atomic E-state index is 12.2. The highest BCUT2D eigenvalue weighted by molar-refractivity contribution is 5.85. The van der Waals surface area contributed by atoms with Gasteiger partial charge < -0.3 is 20.3 Å². The Hall–Kier alpha value is -1.15. The van der Waals surface area contributed by atoms with Crippen LogP contribution in [0, 0.1) is 13.8 Å². The van der Waals surface area contributed by atoms with Crippen molar-refractivity contribution in [1.29, 1.82) is 0 Å². The number of rotatable bonds is 3. The minimum Gasteiger partial charge on any atom is -0.378 e. The van der Waals surface area contributed by atoms with Gasteiger partial charge in [0.05, 0.1) is 13.2 Å². The number of hydrogen-bond acceptors (Lipinski definition) is 6. The minimum atomic E-state index is -0.214. The van der Waals surface area contributed by atoms with Crippen molar-refractivity contribution in [3.63, 3.8) is 0 Å². The molecule has 1 atom stereocenters. The Morgan fingerprint density at radius 2 is 2.00 bits per heavy atom. The number of piperidine rings is 1. The first-order chi connectivity index (χ1) is 11.1. The first-order valence-electron chi connectivity index (χ1n) is 8.30. The summed E-state index contributed by atoms with van der Waals surface area (Å²) in [4.78, 5) is 23.3. The van der Waals surface area contributed by atoms with Crippen molar-refractivity contribution in [1.82, 2.24) is 20.6 Å². The molecule has 0 radical (unpaired) electrons. The third-order valence-electron chi connectivity index (χ3n) is 4.36. The van der Waals surface area contributed by atoms with E-state index in [9.17, 15) is 4.79 Å². The summed E-state index contributed by atoms with van der Waals surface area (Å²) in [6, 6.07) is 2.04. The van der Waals surface area contributed by atoms with E-state index >= 15 is 0 Å². The highest BCUT2D eigenvalue weighted by atomic mass is 35.5. The lowest BCUT2D eigenvalue weighted by Crippen LogP contribution is -2.55. The SMILES string of the molecule is Cc1cc(N2CCC(NC(=O)C3COCCN3)CC2)nc(C)n1.Cl.Cl. The van der Waals surface area contributed by atoms with E-state index in [1.165, 1.54) is 0 Å². The topological polar surface area (TPSA) is 79.4 Å². The van der Waals surface area contributed by atoms with E-state index in [0.29, 0.717) is 13.2 Å². The van der Waals surface area contributed by atoms with Gasteiger partial charge in [0.15, 0.2) is 0 Å². The summed E-state index contributed by atoms with van der Waals surface area (Å²) in [5.74, 6) is 1.85. The molecule has 2 N–H and O–H groups in total. The van der Waals surface area contributed by atoms with Crippen LogP contribution in [0.4, 0.5) is 5.82 Å². The van der Waals surface area contributed by atoms with Crippen molar-refractivity contribution in [3.05, 3.63) is 17.6 Å². The van der Waals surface area contributed by atoms with E-state index in [2.05, 4.69) is 25.5 Å². The van der Waals surface area contributed by atoms with Crippen molar-refractivity contribution in [2.75, 3.05) is 37.7 Å². The molecule has 1 aromatic heterocycles. The molecule has 1 unspecified atom stereocenters. The molecular formula is C16H27Cl2N5O2. The average molecular weight is 392 g/mol. The van der Waals surface area contributed by atoms with E-state index in [1.807, 2.05) is 19.9 Å². The van der Waals surface area contributed by atoms with Crippen LogP contribution in [-0.4, -0.2) is 60.8 Å². The van der Waals surface area contributed by atoms with E-state index in [4.69, 9.17) is 4.74 Å². The van der Waals surface area contributed by atoms with Crippen LogP contribution >= 0.6 is 24.8 Å². The lowest BCUT2D eigenvalue weighted by Gasteiger charge is -2.34. The van der Waals surface area contributed by atoms with Gasteiger partial charge in [-0.15, -0.1) is 24.8 Å². The number of ether oxygens (including phenoxy) is 1. The molecule has 0 spiro atoms. The molecule has 2 aliphatic heterocycles. The van der Waals surface area contributed by atoms with Gasteiger partial charge in [-0.1, -0.05) is 0 Å². The molecule has 2 saturated heterocycles. The normalized spacial score (nSPS) is 21.0. The Morgan fingerprint density at radius 1 is 1.28 bits per heavy atom.